The first-order valence-electron chi connectivity index (χ1n) is 8.12. The fourth-order valence-electron chi connectivity index (χ4n) is 2.63. The van der Waals surface area contributed by atoms with E-state index >= 15 is 0 Å². The molecule has 26 heavy (non-hydrogen) atoms. The number of para-hydroxylation sites is 1. The van der Waals surface area contributed by atoms with Crippen LogP contribution in [-0.2, 0) is 5.75 Å². The molecule has 0 aliphatic heterocycles. The monoisotopic (exact) mass is 363 g/mol. The smallest absolute Gasteiger partial charge is 0.214 e. The van der Waals surface area contributed by atoms with E-state index in [1.54, 1.807) is 4.68 Å². The number of fused-ring (bicyclic) bond motifs is 1. The number of hydrogen-bond acceptors (Lipinski definition) is 7. The fourth-order valence-corrected chi connectivity index (χ4v) is 3.38. The maximum absolute atomic E-state index is 6.05. The van der Waals surface area contributed by atoms with Crippen LogP contribution in [0.4, 0.5) is 5.82 Å². The molecule has 7 nitrogen and oxygen atoms in total. The third-order valence-electron chi connectivity index (χ3n) is 4.19. The Labute approximate surface area is 154 Å². The Morgan fingerprint density at radius 1 is 1.04 bits per heavy atom. The van der Waals surface area contributed by atoms with Gasteiger partial charge in [-0.05, 0) is 59.7 Å². The minimum Gasteiger partial charge on any atom is -0.383 e. The van der Waals surface area contributed by atoms with Crippen LogP contribution in [0.2, 0.25) is 0 Å². The highest BCUT2D eigenvalue weighted by molar-refractivity contribution is 7.98. The van der Waals surface area contributed by atoms with Crippen LogP contribution in [0.1, 0.15) is 17.0 Å². The maximum Gasteiger partial charge on any atom is 0.214 e. The van der Waals surface area contributed by atoms with Gasteiger partial charge >= 0.3 is 0 Å². The van der Waals surface area contributed by atoms with Crippen LogP contribution in [0.3, 0.4) is 0 Å². The Hall–Kier alpha value is -3.00. The Kier molecular flexibility index (Phi) is 4.26. The van der Waals surface area contributed by atoms with Crippen LogP contribution in [0, 0.1) is 13.8 Å². The van der Waals surface area contributed by atoms with E-state index < -0.39 is 0 Å². The number of hydrogen-bond donors (Lipinski definition) is 1. The van der Waals surface area contributed by atoms with Crippen molar-refractivity contribution in [3.63, 3.8) is 0 Å². The molecule has 0 atom stereocenters. The van der Waals surface area contributed by atoms with Gasteiger partial charge in [0.05, 0.1) is 17.0 Å². The van der Waals surface area contributed by atoms with Crippen molar-refractivity contribution in [2.45, 2.75) is 24.8 Å². The molecule has 0 spiro atoms. The molecule has 0 radical (unpaired) electrons. The number of rotatable bonds is 4. The molecule has 4 rings (SSSR count). The van der Waals surface area contributed by atoms with Gasteiger partial charge in [-0.15, -0.1) is 5.10 Å². The number of aryl methyl sites for hydroxylation is 2. The van der Waals surface area contributed by atoms with E-state index in [9.17, 15) is 0 Å². The van der Waals surface area contributed by atoms with Gasteiger partial charge in [-0.25, -0.2) is 9.97 Å². The molecule has 0 aliphatic carbocycles. The Morgan fingerprint density at radius 3 is 2.73 bits per heavy atom. The third kappa shape index (κ3) is 3.11. The van der Waals surface area contributed by atoms with Crippen molar-refractivity contribution in [1.82, 2.24) is 30.2 Å². The normalized spacial score (nSPS) is 11.2. The van der Waals surface area contributed by atoms with Crippen molar-refractivity contribution in [3.05, 3.63) is 59.4 Å². The van der Waals surface area contributed by atoms with Gasteiger partial charge in [-0.2, -0.15) is 4.68 Å². The van der Waals surface area contributed by atoms with Gasteiger partial charge in [0, 0.05) is 5.39 Å². The van der Waals surface area contributed by atoms with E-state index in [-0.39, 0.29) is 0 Å². The first-order chi connectivity index (χ1) is 12.6. The first-order valence-corrected chi connectivity index (χ1v) is 9.10. The summed E-state index contributed by atoms with van der Waals surface area (Å²) in [5.41, 5.74) is 10.2. The molecular weight excluding hydrogens is 346 g/mol. The van der Waals surface area contributed by atoms with E-state index in [4.69, 9.17) is 5.73 Å². The van der Waals surface area contributed by atoms with Crippen LogP contribution in [0.5, 0.6) is 0 Å². The lowest BCUT2D eigenvalue weighted by molar-refractivity contribution is 0.755. The summed E-state index contributed by atoms with van der Waals surface area (Å²) in [6, 6.07) is 13.9. The summed E-state index contributed by atoms with van der Waals surface area (Å²) in [4.78, 5) is 8.97. The number of aromatic nitrogens is 6. The maximum atomic E-state index is 6.05. The van der Waals surface area contributed by atoms with Crippen molar-refractivity contribution < 1.29 is 0 Å². The fraction of sp³-hybridized carbons (Fsp3) is 0.167. The zero-order valence-corrected chi connectivity index (χ0v) is 15.2. The van der Waals surface area contributed by atoms with Crippen LogP contribution >= 0.6 is 11.8 Å². The predicted octanol–water partition coefficient (Wildman–Crippen LogP) is 3.10. The van der Waals surface area contributed by atoms with Crippen LogP contribution in [-0.4, -0.2) is 30.2 Å². The second-order valence-corrected chi connectivity index (χ2v) is 6.92. The lowest BCUT2D eigenvalue weighted by Gasteiger charge is -2.07. The van der Waals surface area contributed by atoms with E-state index in [0.29, 0.717) is 22.6 Å². The molecule has 2 aromatic carbocycles. The van der Waals surface area contributed by atoms with Crippen LogP contribution in [0.15, 0.2) is 47.6 Å². The Bertz CT molecular complexity index is 1090. The number of thioether (sulfide) groups is 1. The van der Waals surface area contributed by atoms with Gasteiger partial charge in [0.15, 0.2) is 0 Å². The van der Waals surface area contributed by atoms with Gasteiger partial charge in [0.1, 0.15) is 11.6 Å². The number of benzene rings is 2. The van der Waals surface area contributed by atoms with Gasteiger partial charge in [-0.3, -0.25) is 0 Å². The SMILES string of the molecule is Cc1ccc(-n2nnnc2SCc2nc(N)c3ccccc3n2)cc1C. The molecule has 0 amide bonds. The number of tetrazole rings is 1. The molecule has 2 N–H and O–H groups in total. The summed E-state index contributed by atoms with van der Waals surface area (Å²) in [6.07, 6.45) is 0. The Morgan fingerprint density at radius 2 is 1.88 bits per heavy atom. The number of nitrogens with two attached hydrogens (primary N) is 1. The summed E-state index contributed by atoms with van der Waals surface area (Å²) in [5.74, 6) is 1.67. The van der Waals surface area contributed by atoms with E-state index in [2.05, 4.69) is 51.5 Å². The van der Waals surface area contributed by atoms with Crippen molar-refractivity contribution in [3.8, 4) is 5.69 Å². The minimum absolute atomic E-state index is 0.486. The molecule has 0 fully saturated rings. The number of nitrogen functional groups attached to an aromatic ring is 1. The topological polar surface area (TPSA) is 95.4 Å². The zero-order valence-electron chi connectivity index (χ0n) is 14.4. The Balaban J connectivity index is 1.60. The quantitative estimate of drug-likeness (QED) is 0.557. The van der Waals surface area contributed by atoms with E-state index in [1.807, 2.05) is 30.3 Å². The summed E-state index contributed by atoms with van der Waals surface area (Å²) in [6.45, 7) is 4.15. The highest BCUT2D eigenvalue weighted by Gasteiger charge is 2.12. The molecule has 2 aromatic heterocycles. The predicted molar refractivity (Wildman–Crippen MR) is 102 cm³/mol. The standard InChI is InChI=1S/C18H17N7S/c1-11-7-8-13(9-12(11)2)25-18(22-23-24-25)26-10-16-20-15-6-4-3-5-14(15)17(19)21-16/h3-9H,10H2,1-2H3,(H2,19,20,21). The molecule has 0 unspecified atom stereocenters. The molecule has 8 heteroatoms. The van der Waals surface area contributed by atoms with Crippen molar-refractivity contribution in [2.75, 3.05) is 5.73 Å². The molecule has 0 saturated heterocycles. The van der Waals surface area contributed by atoms with Crippen molar-refractivity contribution in [1.29, 1.82) is 0 Å². The molecule has 0 saturated carbocycles. The van der Waals surface area contributed by atoms with Gasteiger partial charge in [-0.1, -0.05) is 30.0 Å². The molecule has 130 valence electrons. The minimum atomic E-state index is 0.486. The van der Waals surface area contributed by atoms with Crippen molar-refractivity contribution >= 4 is 28.5 Å². The highest BCUT2D eigenvalue weighted by Crippen LogP contribution is 2.24. The van der Waals surface area contributed by atoms with E-state index in [1.165, 1.54) is 22.9 Å². The second-order valence-electron chi connectivity index (χ2n) is 5.97. The summed E-state index contributed by atoms with van der Waals surface area (Å²) < 4.78 is 1.72. The first kappa shape index (κ1) is 16.5. The van der Waals surface area contributed by atoms with Crippen LogP contribution < -0.4 is 5.73 Å². The average molecular weight is 363 g/mol. The van der Waals surface area contributed by atoms with Crippen LogP contribution in [0.25, 0.3) is 16.6 Å². The lowest BCUT2D eigenvalue weighted by Crippen LogP contribution is -2.02. The summed E-state index contributed by atoms with van der Waals surface area (Å²) in [7, 11) is 0. The lowest BCUT2D eigenvalue weighted by atomic mass is 10.1. The van der Waals surface area contributed by atoms with Crippen molar-refractivity contribution in [2.24, 2.45) is 0 Å². The third-order valence-corrected chi connectivity index (χ3v) is 5.10. The number of anilines is 1. The summed E-state index contributed by atoms with van der Waals surface area (Å²) >= 11 is 1.48. The number of nitrogens with zero attached hydrogens (tertiary/aromatic N) is 6. The van der Waals surface area contributed by atoms with E-state index in [0.717, 1.165) is 16.6 Å². The molecule has 0 aliphatic rings. The molecule has 0 bridgehead atoms. The van der Waals surface area contributed by atoms with Gasteiger partial charge in [0.25, 0.3) is 0 Å². The highest BCUT2D eigenvalue weighted by atomic mass is 32.2. The zero-order chi connectivity index (χ0) is 18.1. The molecule has 2 heterocycles. The largest absolute Gasteiger partial charge is 0.383 e. The molecular formula is C18H17N7S. The van der Waals surface area contributed by atoms with Gasteiger partial charge in [0.2, 0.25) is 5.16 Å². The average Bonchev–Trinajstić information content (AvgIpc) is 3.11. The summed E-state index contributed by atoms with van der Waals surface area (Å²) in [5, 5.41) is 13.6. The second kappa shape index (κ2) is 6.72. The van der Waals surface area contributed by atoms with Gasteiger partial charge < -0.3 is 5.73 Å². The molecule has 4 aromatic rings.